The number of aliphatic imine (C=N–C) groups is 1. The zero-order chi connectivity index (χ0) is 17.1. The highest BCUT2D eigenvalue weighted by Crippen LogP contribution is 2.38. The summed E-state index contributed by atoms with van der Waals surface area (Å²) in [6, 6.07) is 12.7. The summed E-state index contributed by atoms with van der Waals surface area (Å²) in [5.74, 6) is -0.263. The maximum atomic E-state index is 12.3. The average Bonchev–Trinajstić information content (AvgIpc) is 2.94. The lowest BCUT2D eigenvalue weighted by Crippen LogP contribution is -2.03. The molecule has 122 valence electrons. The van der Waals surface area contributed by atoms with Gasteiger partial charge in [0.1, 0.15) is 16.3 Å². The number of ether oxygens (including phenoxy) is 1. The van der Waals surface area contributed by atoms with E-state index in [2.05, 4.69) is 20.9 Å². The highest BCUT2D eigenvalue weighted by Gasteiger charge is 2.19. The fourth-order valence-electron chi connectivity index (χ4n) is 2.28. The molecule has 1 N–H and O–H groups in total. The first kappa shape index (κ1) is 16.7. The minimum atomic E-state index is -0.388. The van der Waals surface area contributed by atoms with E-state index in [1.807, 2.05) is 24.3 Å². The molecule has 0 bridgehead atoms. The Morgan fingerprint density at radius 1 is 1.33 bits per heavy atom. The van der Waals surface area contributed by atoms with Crippen LogP contribution >= 0.6 is 27.3 Å². The maximum Gasteiger partial charge on any atom is 0.341 e. The first-order chi connectivity index (χ1) is 11.6. The first-order valence-corrected chi connectivity index (χ1v) is 8.92. The molecule has 3 rings (SSSR count). The molecule has 0 aliphatic heterocycles. The summed E-state index contributed by atoms with van der Waals surface area (Å²) < 4.78 is 6.97. The summed E-state index contributed by atoms with van der Waals surface area (Å²) in [6.07, 6.45) is 1.55. The van der Waals surface area contributed by atoms with Crippen molar-refractivity contribution in [3.05, 3.63) is 58.1 Å². The lowest BCUT2D eigenvalue weighted by Gasteiger charge is -2.02. The van der Waals surface area contributed by atoms with Crippen LogP contribution in [-0.2, 0) is 4.74 Å². The SMILES string of the molecule is CCOC(=O)c1c(/N=C/c2cc(Br)ccc2O)sc2ccccc12. The second-order valence-electron chi connectivity index (χ2n) is 4.96. The molecule has 6 heteroatoms. The number of aromatic hydroxyl groups is 1. The van der Waals surface area contributed by atoms with Crippen molar-refractivity contribution >= 4 is 54.5 Å². The smallest absolute Gasteiger partial charge is 0.341 e. The molecule has 0 fully saturated rings. The number of fused-ring (bicyclic) bond motifs is 1. The second kappa shape index (κ2) is 7.15. The topological polar surface area (TPSA) is 58.9 Å². The first-order valence-electron chi connectivity index (χ1n) is 7.31. The van der Waals surface area contributed by atoms with Gasteiger partial charge in [-0.3, -0.25) is 0 Å². The molecule has 0 aliphatic rings. The number of carbonyl (C=O) groups is 1. The zero-order valence-corrected chi connectivity index (χ0v) is 15.2. The van der Waals surface area contributed by atoms with Gasteiger partial charge in [0.15, 0.2) is 0 Å². The Balaban J connectivity index is 2.08. The van der Waals surface area contributed by atoms with E-state index in [4.69, 9.17) is 4.74 Å². The Kier molecular flexibility index (Phi) is 4.97. The molecule has 1 aromatic heterocycles. The van der Waals surface area contributed by atoms with Crippen LogP contribution in [-0.4, -0.2) is 23.9 Å². The van der Waals surface area contributed by atoms with Gasteiger partial charge in [-0.15, -0.1) is 11.3 Å². The van der Waals surface area contributed by atoms with Gasteiger partial charge in [0.25, 0.3) is 0 Å². The molecule has 24 heavy (non-hydrogen) atoms. The molecule has 3 aromatic rings. The van der Waals surface area contributed by atoms with Crippen molar-refractivity contribution in [2.24, 2.45) is 4.99 Å². The van der Waals surface area contributed by atoms with Gasteiger partial charge in [-0.1, -0.05) is 34.1 Å². The van der Waals surface area contributed by atoms with Crippen LogP contribution in [0.1, 0.15) is 22.8 Å². The summed E-state index contributed by atoms with van der Waals surface area (Å²) in [6.45, 7) is 2.08. The molecule has 1 heterocycles. The number of esters is 1. The number of rotatable bonds is 4. The van der Waals surface area contributed by atoms with Crippen LogP contribution in [0.4, 0.5) is 5.00 Å². The van der Waals surface area contributed by atoms with Gasteiger partial charge in [-0.05, 0) is 31.2 Å². The number of hydrogen-bond donors (Lipinski definition) is 1. The van der Waals surface area contributed by atoms with Crippen molar-refractivity contribution < 1.29 is 14.6 Å². The van der Waals surface area contributed by atoms with Crippen molar-refractivity contribution in [2.45, 2.75) is 6.92 Å². The number of carbonyl (C=O) groups excluding carboxylic acids is 1. The molecule has 0 radical (unpaired) electrons. The molecule has 0 atom stereocenters. The quantitative estimate of drug-likeness (QED) is 0.475. The Morgan fingerprint density at radius 2 is 2.12 bits per heavy atom. The van der Waals surface area contributed by atoms with Crippen LogP contribution in [0.3, 0.4) is 0 Å². The third kappa shape index (κ3) is 3.34. The molecular formula is C18H14BrNO3S. The Hall–Kier alpha value is -2.18. The van der Waals surface area contributed by atoms with Gasteiger partial charge >= 0.3 is 5.97 Å². The fraction of sp³-hybridized carbons (Fsp3) is 0.111. The largest absolute Gasteiger partial charge is 0.507 e. The van der Waals surface area contributed by atoms with E-state index in [0.29, 0.717) is 22.7 Å². The van der Waals surface area contributed by atoms with E-state index in [-0.39, 0.29) is 11.7 Å². The number of phenolic OH excluding ortho intramolecular Hbond substituents is 1. The van der Waals surface area contributed by atoms with Gasteiger partial charge in [-0.25, -0.2) is 9.79 Å². The van der Waals surface area contributed by atoms with E-state index < -0.39 is 0 Å². The fourth-order valence-corrected chi connectivity index (χ4v) is 3.70. The Bertz CT molecular complexity index is 933. The number of phenols is 1. The van der Waals surface area contributed by atoms with Gasteiger partial charge in [0, 0.05) is 26.3 Å². The summed E-state index contributed by atoms with van der Waals surface area (Å²) in [4.78, 5) is 16.8. The van der Waals surface area contributed by atoms with E-state index >= 15 is 0 Å². The van der Waals surface area contributed by atoms with Crippen molar-refractivity contribution in [1.82, 2.24) is 0 Å². The van der Waals surface area contributed by atoms with Crippen molar-refractivity contribution in [1.29, 1.82) is 0 Å². The van der Waals surface area contributed by atoms with Crippen LogP contribution in [0.5, 0.6) is 5.75 Å². The summed E-state index contributed by atoms with van der Waals surface area (Å²) in [5.41, 5.74) is 1.03. The van der Waals surface area contributed by atoms with Crippen LogP contribution in [0.25, 0.3) is 10.1 Å². The molecule has 2 aromatic carbocycles. The third-order valence-corrected chi connectivity index (χ3v) is 4.94. The Labute approximate surface area is 151 Å². The lowest BCUT2D eigenvalue weighted by atomic mass is 10.1. The lowest BCUT2D eigenvalue weighted by molar-refractivity contribution is 0.0530. The highest BCUT2D eigenvalue weighted by atomic mass is 79.9. The molecule has 0 spiro atoms. The van der Waals surface area contributed by atoms with E-state index in [9.17, 15) is 9.90 Å². The summed E-state index contributed by atoms with van der Waals surface area (Å²) in [7, 11) is 0. The number of hydrogen-bond acceptors (Lipinski definition) is 5. The van der Waals surface area contributed by atoms with Crippen LogP contribution in [0, 0.1) is 0 Å². The van der Waals surface area contributed by atoms with E-state index in [1.54, 1.807) is 31.3 Å². The van der Waals surface area contributed by atoms with Crippen LogP contribution < -0.4 is 0 Å². The number of halogens is 1. The highest BCUT2D eigenvalue weighted by molar-refractivity contribution is 9.10. The normalized spacial score (nSPS) is 11.2. The van der Waals surface area contributed by atoms with E-state index in [1.165, 1.54) is 11.3 Å². The standard InChI is InChI=1S/C18H14BrNO3S/c1-2-23-18(22)16-13-5-3-4-6-15(13)24-17(16)20-10-11-9-12(19)7-8-14(11)21/h3-10,21H,2H2,1H3/b20-10+. The van der Waals surface area contributed by atoms with Crippen LogP contribution in [0.15, 0.2) is 51.9 Å². The van der Waals surface area contributed by atoms with Gasteiger partial charge in [0.05, 0.1) is 6.61 Å². The maximum absolute atomic E-state index is 12.3. The molecule has 0 saturated carbocycles. The predicted octanol–water partition coefficient (Wildman–Crippen LogP) is 5.30. The van der Waals surface area contributed by atoms with Crippen molar-refractivity contribution in [3.8, 4) is 5.75 Å². The summed E-state index contributed by atoms with van der Waals surface area (Å²) in [5, 5.41) is 11.3. The molecule has 0 amide bonds. The minimum Gasteiger partial charge on any atom is -0.507 e. The molecule has 0 unspecified atom stereocenters. The van der Waals surface area contributed by atoms with Crippen molar-refractivity contribution in [3.63, 3.8) is 0 Å². The number of benzene rings is 2. The average molecular weight is 404 g/mol. The number of thiophene rings is 1. The van der Waals surface area contributed by atoms with Gasteiger partial charge in [0.2, 0.25) is 0 Å². The monoisotopic (exact) mass is 403 g/mol. The van der Waals surface area contributed by atoms with Crippen molar-refractivity contribution in [2.75, 3.05) is 6.61 Å². The predicted molar refractivity (Wildman–Crippen MR) is 101 cm³/mol. The van der Waals surface area contributed by atoms with Gasteiger partial charge in [-0.2, -0.15) is 0 Å². The molecule has 0 saturated heterocycles. The van der Waals surface area contributed by atoms with E-state index in [0.717, 1.165) is 14.6 Å². The second-order valence-corrected chi connectivity index (χ2v) is 6.91. The minimum absolute atomic E-state index is 0.126. The number of nitrogens with zero attached hydrogens (tertiary/aromatic N) is 1. The molecular weight excluding hydrogens is 390 g/mol. The van der Waals surface area contributed by atoms with Gasteiger partial charge < -0.3 is 9.84 Å². The molecule has 0 aliphatic carbocycles. The third-order valence-electron chi connectivity index (χ3n) is 3.37. The summed E-state index contributed by atoms with van der Waals surface area (Å²) >= 11 is 4.78. The molecule has 4 nitrogen and oxygen atoms in total. The zero-order valence-electron chi connectivity index (χ0n) is 12.8. The Morgan fingerprint density at radius 3 is 2.92 bits per heavy atom. The van der Waals surface area contributed by atoms with Crippen LogP contribution in [0.2, 0.25) is 0 Å².